The molecular formula is C26H28F2N4O5. The van der Waals surface area contributed by atoms with Crippen LogP contribution in [0.1, 0.15) is 36.2 Å². The smallest absolute Gasteiger partial charge is 0.387 e. The van der Waals surface area contributed by atoms with E-state index in [1.165, 1.54) is 23.1 Å². The van der Waals surface area contributed by atoms with E-state index in [4.69, 9.17) is 5.11 Å². The number of ether oxygens (including phenoxy) is 1. The van der Waals surface area contributed by atoms with Crippen molar-refractivity contribution in [1.82, 2.24) is 20.1 Å². The summed E-state index contributed by atoms with van der Waals surface area (Å²) in [6, 6.07) is 9.94. The van der Waals surface area contributed by atoms with Gasteiger partial charge in [-0.25, -0.2) is 4.79 Å². The second kappa shape index (κ2) is 9.64. The number of nitrogens with one attached hydrogen (secondary N) is 2. The molecule has 196 valence electrons. The topological polar surface area (TPSA) is 118 Å². The normalized spacial score (nSPS) is 21.2. The molecule has 0 bridgehead atoms. The number of phenols is 1. The Balaban J connectivity index is 1.59. The summed E-state index contributed by atoms with van der Waals surface area (Å²) >= 11 is 0. The number of carbonyl (C=O) groups is 2. The highest BCUT2D eigenvalue weighted by Crippen LogP contribution is 2.49. The third kappa shape index (κ3) is 4.27. The Kier molecular flexibility index (Phi) is 6.50. The Morgan fingerprint density at radius 1 is 1.22 bits per heavy atom. The number of rotatable bonds is 9. The van der Waals surface area contributed by atoms with Gasteiger partial charge in [-0.05, 0) is 61.3 Å². The number of hydrogen-bond acceptors (Lipinski definition) is 6. The highest BCUT2D eigenvalue weighted by atomic mass is 19.3. The van der Waals surface area contributed by atoms with Crippen molar-refractivity contribution in [2.45, 2.75) is 38.0 Å². The number of aromatic amines is 1. The summed E-state index contributed by atoms with van der Waals surface area (Å²) < 4.78 is 30.4. The van der Waals surface area contributed by atoms with Crippen LogP contribution in [0.15, 0.2) is 42.5 Å². The van der Waals surface area contributed by atoms with Crippen LogP contribution >= 0.6 is 0 Å². The number of aliphatic hydroxyl groups is 1. The monoisotopic (exact) mass is 514 g/mol. The number of H-pyrrole nitrogens is 1. The number of amides is 3. The minimum absolute atomic E-state index is 0.00313. The lowest BCUT2D eigenvalue weighted by Crippen LogP contribution is -2.53. The number of alkyl halides is 2. The lowest BCUT2D eigenvalue weighted by Gasteiger charge is -2.42. The lowest BCUT2D eigenvalue weighted by molar-refractivity contribution is -0.133. The fourth-order valence-electron chi connectivity index (χ4n) is 5.47. The Bertz CT molecular complexity index is 1350. The van der Waals surface area contributed by atoms with E-state index < -0.39 is 24.2 Å². The summed E-state index contributed by atoms with van der Waals surface area (Å²) in [5.41, 5.74) is 1.42. The van der Waals surface area contributed by atoms with Gasteiger partial charge in [0, 0.05) is 36.1 Å². The summed E-state index contributed by atoms with van der Waals surface area (Å²) in [7, 11) is 0. The van der Waals surface area contributed by atoms with Crippen LogP contribution in [0.25, 0.3) is 10.9 Å². The Hall–Kier alpha value is -3.70. The van der Waals surface area contributed by atoms with E-state index >= 15 is 0 Å². The zero-order valence-corrected chi connectivity index (χ0v) is 20.2. The van der Waals surface area contributed by atoms with E-state index in [1.807, 2.05) is 0 Å². The van der Waals surface area contributed by atoms with Crippen LogP contribution in [0.5, 0.6) is 11.5 Å². The first-order valence-corrected chi connectivity index (χ1v) is 12.1. The molecule has 2 aliphatic rings. The van der Waals surface area contributed by atoms with Crippen LogP contribution in [0.4, 0.5) is 13.6 Å². The van der Waals surface area contributed by atoms with Gasteiger partial charge in [0.05, 0.1) is 6.61 Å². The molecule has 3 aromatic rings. The number of nitrogens with zero attached hydrogens (tertiary/aromatic N) is 2. The quantitative estimate of drug-likeness (QED) is 0.258. The minimum Gasteiger partial charge on any atom is -0.508 e. The fraction of sp³-hybridized carbons (Fsp3) is 0.385. The van der Waals surface area contributed by atoms with Crippen LogP contribution in [-0.4, -0.2) is 75.3 Å². The van der Waals surface area contributed by atoms with Crippen molar-refractivity contribution in [2.75, 3.05) is 26.2 Å². The van der Waals surface area contributed by atoms with Crippen LogP contribution < -0.4 is 10.1 Å². The van der Waals surface area contributed by atoms with Crippen LogP contribution in [0.2, 0.25) is 0 Å². The van der Waals surface area contributed by atoms with E-state index in [2.05, 4.69) is 15.0 Å². The van der Waals surface area contributed by atoms with Crippen molar-refractivity contribution in [1.29, 1.82) is 0 Å². The first-order valence-electron chi connectivity index (χ1n) is 12.1. The first-order chi connectivity index (χ1) is 17.7. The molecule has 11 heteroatoms. The van der Waals surface area contributed by atoms with Gasteiger partial charge in [-0.3, -0.25) is 14.6 Å². The highest BCUT2D eigenvalue weighted by Gasteiger charge is 2.60. The van der Waals surface area contributed by atoms with Gasteiger partial charge >= 0.3 is 12.6 Å². The number of imide groups is 1. The molecule has 0 spiro atoms. The number of aromatic nitrogens is 1. The summed E-state index contributed by atoms with van der Waals surface area (Å²) in [6.45, 7) is -0.112. The molecular weight excluding hydrogens is 486 g/mol. The predicted octanol–water partition coefficient (Wildman–Crippen LogP) is 3.12. The number of urea groups is 1. The molecule has 0 aliphatic carbocycles. The van der Waals surface area contributed by atoms with Gasteiger partial charge in [0.2, 0.25) is 0 Å². The lowest BCUT2D eigenvalue weighted by atomic mass is 9.81. The fourth-order valence-corrected chi connectivity index (χ4v) is 5.47. The average Bonchev–Trinajstić information content (AvgIpc) is 3.29. The molecule has 1 fully saturated rings. The van der Waals surface area contributed by atoms with Crippen molar-refractivity contribution < 1.29 is 33.3 Å². The molecule has 0 saturated carbocycles. The molecule has 37 heavy (non-hydrogen) atoms. The highest BCUT2D eigenvalue weighted by molar-refractivity contribution is 6.08. The van der Waals surface area contributed by atoms with Crippen molar-refractivity contribution >= 4 is 22.8 Å². The standard InChI is InChI=1S/C26H28F2N4O5/c1-26-14-19-18-13-17(37-24(27)28)6-7-20(18)30-21(19)22(15-4-2-5-16(34)12-15)32(26)25(36)31(23(26)35)10-3-8-29-9-11-33/h2,4-7,12-13,22,24,29-30,33-34H,3,8-11,14H2,1H3/t22-,26+/m1/s1. The molecule has 0 radical (unpaired) electrons. The number of benzene rings is 2. The van der Waals surface area contributed by atoms with Gasteiger partial charge in [-0.1, -0.05) is 12.1 Å². The van der Waals surface area contributed by atoms with Gasteiger partial charge in [0.1, 0.15) is 23.1 Å². The van der Waals surface area contributed by atoms with Crippen molar-refractivity contribution in [3.05, 3.63) is 59.3 Å². The van der Waals surface area contributed by atoms with Crippen LogP contribution in [-0.2, 0) is 11.2 Å². The van der Waals surface area contributed by atoms with Crippen molar-refractivity contribution in [2.24, 2.45) is 0 Å². The van der Waals surface area contributed by atoms with E-state index in [0.29, 0.717) is 41.7 Å². The molecule has 0 unspecified atom stereocenters. The Labute approximate surface area is 211 Å². The van der Waals surface area contributed by atoms with E-state index in [1.54, 1.807) is 36.1 Å². The number of fused-ring (bicyclic) bond motifs is 4. The van der Waals surface area contributed by atoms with Crippen LogP contribution in [0, 0.1) is 0 Å². The van der Waals surface area contributed by atoms with Gasteiger partial charge < -0.3 is 25.3 Å². The van der Waals surface area contributed by atoms with E-state index in [0.717, 1.165) is 5.56 Å². The average molecular weight is 515 g/mol. The Morgan fingerprint density at radius 2 is 2.03 bits per heavy atom. The number of aliphatic hydroxyl groups excluding tert-OH is 1. The number of phenolic OH excluding ortho intramolecular Hbond substituents is 1. The second-order valence-electron chi connectivity index (χ2n) is 9.49. The maximum absolute atomic E-state index is 13.7. The van der Waals surface area contributed by atoms with Gasteiger partial charge in [-0.2, -0.15) is 8.78 Å². The molecule has 1 saturated heterocycles. The third-order valence-corrected chi connectivity index (χ3v) is 7.07. The number of carbonyl (C=O) groups excluding carboxylic acids is 2. The number of halogens is 2. The van der Waals surface area contributed by atoms with Crippen LogP contribution in [0.3, 0.4) is 0 Å². The Morgan fingerprint density at radius 3 is 2.76 bits per heavy atom. The largest absolute Gasteiger partial charge is 0.508 e. The summed E-state index contributed by atoms with van der Waals surface area (Å²) in [5, 5.41) is 22.8. The molecule has 2 aliphatic heterocycles. The molecule has 1 aromatic heterocycles. The van der Waals surface area contributed by atoms with Gasteiger partial charge in [-0.15, -0.1) is 0 Å². The number of hydrogen-bond donors (Lipinski definition) is 4. The zero-order chi connectivity index (χ0) is 26.3. The molecule has 3 heterocycles. The molecule has 2 aromatic carbocycles. The van der Waals surface area contributed by atoms with Crippen molar-refractivity contribution in [3.8, 4) is 11.5 Å². The summed E-state index contributed by atoms with van der Waals surface area (Å²) in [4.78, 5) is 33.6. The van der Waals surface area contributed by atoms with Crippen molar-refractivity contribution in [3.63, 3.8) is 0 Å². The third-order valence-electron chi connectivity index (χ3n) is 7.07. The number of aromatic hydroxyl groups is 1. The summed E-state index contributed by atoms with van der Waals surface area (Å²) in [5.74, 6) is -0.332. The zero-order valence-electron chi connectivity index (χ0n) is 20.2. The SMILES string of the molecule is C[C@@]12Cc3c([nH]c4ccc(OC(F)F)cc34)[C@@H](c3cccc(O)c3)N1C(=O)N(CCCNCCO)C2=O. The maximum Gasteiger partial charge on any atom is 0.387 e. The molecule has 4 N–H and O–H groups in total. The summed E-state index contributed by atoms with van der Waals surface area (Å²) in [6.07, 6.45) is 0.695. The minimum atomic E-state index is -2.98. The van der Waals surface area contributed by atoms with Gasteiger partial charge in [0.25, 0.3) is 5.91 Å². The molecule has 5 rings (SSSR count). The maximum atomic E-state index is 13.7. The first kappa shape index (κ1) is 25.0. The molecule has 3 amide bonds. The second-order valence-corrected chi connectivity index (χ2v) is 9.49. The van der Waals surface area contributed by atoms with Gasteiger partial charge in [0.15, 0.2) is 0 Å². The van der Waals surface area contributed by atoms with E-state index in [9.17, 15) is 23.5 Å². The predicted molar refractivity (Wildman–Crippen MR) is 131 cm³/mol. The molecule has 9 nitrogen and oxygen atoms in total. The molecule has 2 atom stereocenters. The van der Waals surface area contributed by atoms with E-state index in [-0.39, 0.29) is 37.0 Å².